The van der Waals surface area contributed by atoms with Crippen molar-refractivity contribution in [3.63, 3.8) is 0 Å². The molecule has 0 aliphatic carbocycles. The van der Waals surface area contributed by atoms with E-state index >= 15 is 0 Å². The second-order valence-electron chi connectivity index (χ2n) is 8.76. The summed E-state index contributed by atoms with van der Waals surface area (Å²) in [6, 6.07) is 17.7. The number of primary amides is 1. The minimum absolute atomic E-state index is 0.0656. The van der Waals surface area contributed by atoms with Gasteiger partial charge < -0.3 is 15.4 Å². The zero-order valence-corrected chi connectivity index (χ0v) is 19.3. The Bertz CT molecular complexity index is 1180. The fourth-order valence-electron chi connectivity index (χ4n) is 4.48. The van der Waals surface area contributed by atoms with Crippen LogP contribution >= 0.6 is 0 Å². The SMILES string of the molecule is Cc1cc(-c2ccc([C@H](C)N3CCC(CCC(N)=O)(c4ccc(F)cc4)OC3=O)cc2)ccn1. The van der Waals surface area contributed by atoms with E-state index in [2.05, 4.69) is 4.98 Å². The zero-order chi connectivity index (χ0) is 24.3. The lowest BCUT2D eigenvalue weighted by molar-refractivity contribution is -0.121. The van der Waals surface area contributed by atoms with Gasteiger partial charge in [0.15, 0.2) is 0 Å². The van der Waals surface area contributed by atoms with Gasteiger partial charge in [-0.15, -0.1) is 0 Å². The fraction of sp³-hybridized carbons (Fsp3) is 0.296. The van der Waals surface area contributed by atoms with Crippen molar-refractivity contribution in [2.45, 2.75) is 44.8 Å². The molecule has 4 rings (SSSR count). The molecule has 6 nitrogen and oxygen atoms in total. The van der Waals surface area contributed by atoms with Gasteiger partial charge >= 0.3 is 6.09 Å². The Kier molecular flexibility index (Phi) is 6.63. The average Bonchev–Trinajstić information content (AvgIpc) is 2.83. The number of benzene rings is 2. The first kappa shape index (κ1) is 23.4. The van der Waals surface area contributed by atoms with Gasteiger partial charge in [0.05, 0.1) is 6.04 Å². The van der Waals surface area contributed by atoms with Crippen molar-refractivity contribution in [2.75, 3.05) is 6.54 Å². The van der Waals surface area contributed by atoms with Crippen LogP contribution in [0.25, 0.3) is 11.1 Å². The molecule has 2 N–H and O–H groups in total. The molecular formula is C27H28FN3O3. The predicted molar refractivity (Wildman–Crippen MR) is 127 cm³/mol. The summed E-state index contributed by atoms with van der Waals surface area (Å²) >= 11 is 0. The van der Waals surface area contributed by atoms with Crippen LogP contribution in [0.2, 0.25) is 0 Å². The van der Waals surface area contributed by atoms with Crippen molar-refractivity contribution in [1.29, 1.82) is 0 Å². The Balaban J connectivity index is 1.52. The van der Waals surface area contributed by atoms with Crippen LogP contribution in [0.3, 0.4) is 0 Å². The molecule has 0 spiro atoms. The molecule has 2 amide bonds. The van der Waals surface area contributed by atoms with E-state index in [4.69, 9.17) is 10.5 Å². The van der Waals surface area contributed by atoms with Crippen molar-refractivity contribution >= 4 is 12.0 Å². The highest BCUT2D eigenvalue weighted by Crippen LogP contribution is 2.40. The number of aromatic nitrogens is 1. The van der Waals surface area contributed by atoms with Gasteiger partial charge in [-0.3, -0.25) is 9.78 Å². The summed E-state index contributed by atoms with van der Waals surface area (Å²) in [5, 5.41) is 0. The van der Waals surface area contributed by atoms with E-state index < -0.39 is 17.6 Å². The Morgan fingerprint density at radius 1 is 1.15 bits per heavy atom. The van der Waals surface area contributed by atoms with Crippen LogP contribution in [-0.2, 0) is 15.1 Å². The van der Waals surface area contributed by atoms with Crippen molar-refractivity contribution < 1.29 is 18.7 Å². The minimum Gasteiger partial charge on any atom is -0.438 e. The highest BCUT2D eigenvalue weighted by Gasteiger charge is 2.43. The van der Waals surface area contributed by atoms with Gasteiger partial charge in [0, 0.05) is 37.7 Å². The lowest BCUT2D eigenvalue weighted by Gasteiger charge is -2.43. The smallest absolute Gasteiger partial charge is 0.411 e. The first-order chi connectivity index (χ1) is 16.3. The molecule has 0 saturated carbocycles. The molecule has 0 bridgehead atoms. The third-order valence-corrected chi connectivity index (χ3v) is 6.51. The number of nitrogens with two attached hydrogens (primary N) is 1. The molecule has 1 aromatic heterocycles. The van der Waals surface area contributed by atoms with Crippen LogP contribution in [0.1, 0.15) is 49.0 Å². The van der Waals surface area contributed by atoms with E-state index in [0.717, 1.165) is 22.4 Å². The van der Waals surface area contributed by atoms with E-state index in [1.165, 1.54) is 12.1 Å². The van der Waals surface area contributed by atoms with Crippen molar-refractivity contribution in [1.82, 2.24) is 9.88 Å². The number of carbonyl (C=O) groups is 2. The molecule has 7 heteroatoms. The molecule has 34 heavy (non-hydrogen) atoms. The highest BCUT2D eigenvalue weighted by atomic mass is 19.1. The molecule has 2 atom stereocenters. The van der Waals surface area contributed by atoms with E-state index in [1.807, 2.05) is 50.2 Å². The summed E-state index contributed by atoms with van der Waals surface area (Å²) in [5.41, 5.74) is 9.11. The van der Waals surface area contributed by atoms with Gasteiger partial charge in [-0.05, 0) is 60.4 Å². The molecule has 1 saturated heterocycles. The first-order valence-electron chi connectivity index (χ1n) is 11.3. The van der Waals surface area contributed by atoms with Gasteiger partial charge in [-0.1, -0.05) is 36.4 Å². The normalized spacial score (nSPS) is 18.9. The van der Waals surface area contributed by atoms with Crippen LogP contribution in [0.5, 0.6) is 0 Å². The Labute approximate surface area is 198 Å². The van der Waals surface area contributed by atoms with Crippen LogP contribution in [0, 0.1) is 12.7 Å². The summed E-state index contributed by atoms with van der Waals surface area (Å²) in [4.78, 5) is 30.5. The van der Waals surface area contributed by atoms with Crippen LogP contribution < -0.4 is 5.73 Å². The van der Waals surface area contributed by atoms with Gasteiger partial charge in [0.1, 0.15) is 11.4 Å². The number of nitrogens with zero attached hydrogens (tertiary/aromatic N) is 2. The number of cyclic esters (lactones) is 1. The summed E-state index contributed by atoms with van der Waals surface area (Å²) in [6.07, 6.45) is 2.10. The number of carbonyl (C=O) groups excluding carboxylic acids is 2. The maximum Gasteiger partial charge on any atom is 0.411 e. The molecule has 3 aromatic rings. The van der Waals surface area contributed by atoms with Crippen LogP contribution in [0.15, 0.2) is 66.9 Å². The molecule has 1 fully saturated rings. The molecular weight excluding hydrogens is 433 g/mol. The largest absolute Gasteiger partial charge is 0.438 e. The van der Waals surface area contributed by atoms with E-state index in [-0.39, 0.29) is 24.7 Å². The molecule has 1 aliphatic heterocycles. The van der Waals surface area contributed by atoms with Crippen molar-refractivity contribution in [2.24, 2.45) is 5.73 Å². The van der Waals surface area contributed by atoms with Gasteiger partial charge in [0.2, 0.25) is 5.91 Å². The number of pyridine rings is 1. The molecule has 2 heterocycles. The Morgan fingerprint density at radius 3 is 2.47 bits per heavy atom. The Hall–Kier alpha value is -3.74. The third-order valence-electron chi connectivity index (χ3n) is 6.51. The summed E-state index contributed by atoms with van der Waals surface area (Å²) < 4.78 is 19.4. The number of hydrogen-bond acceptors (Lipinski definition) is 4. The van der Waals surface area contributed by atoms with Crippen molar-refractivity contribution in [3.05, 3.63) is 89.5 Å². The van der Waals surface area contributed by atoms with Gasteiger partial charge in [0.25, 0.3) is 0 Å². The number of aryl methyl sites for hydroxylation is 1. The molecule has 0 radical (unpaired) electrons. The second-order valence-corrected chi connectivity index (χ2v) is 8.76. The number of ether oxygens (including phenoxy) is 1. The van der Waals surface area contributed by atoms with Crippen LogP contribution in [-0.4, -0.2) is 28.4 Å². The average molecular weight is 462 g/mol. The lowest BCUT2D eigenvalue weighted by Crippen LogP contribution is -2.49. The third kappa shape index (κ3) is 4.93. The molecule has 1 aliphatic rings. The van der Waals surface area contributed by atoms with E-state index in [0.29, 0.717) is 18.5 Å². The number of amides is 2. The number of hydrogen-bond donors (Lipinski definition) is 1. The molecule has 176 valence electrons. The maximum absolute atomic E-state index is 13.5. The van der Waals surface area contributed by atoms with Gasteiger partial charge in [-0.25, -0.2) is 9.18 Å². The van der Waals surface area contributed by atoms with Crippen molar-refractivity contribution in [3.8, 4) is 11.1 Å². The molecule has 2 aromatic carbocycles. The zero-order valence-electron chi connectivity index (χ0n) is 19.3. The predicted octanol–water partition coefficient (Wildman–Crippen LogP) is 5.26. The maximum atomic E-state index is 13.5. The van der Waals surface area contributed by atoms with E-state index in [1.54, 1.807) is 23.2 Å². The summed E-state index contributed by atoms with van der Waals surface area (Å²) in [5.74, 6) is -0.852. The first-order valence-corrected chi connectivity index (χ1v) is 11.3. The minimum atomic E-state index is -1.01. The lowest BCUT2D eigenvalue weighted by atomic mass is 9.84. The monoisotopic (exact) mass is 461 g/mol. The standard InChI is InChI=1S/C27H28FN3O3/c1-18-17-22(12-15-30-18)21-5-3-20(4-6-21)19(2)31-16-14-27(34-26(31)33,13-11-25(29)32)23-7-9-24(28)10-8-23/h3-10,12,15,17,19H,11,13-14,16H2,1-2H3,(H2,29,32)/t19-,27?/m0/s1. The quantitative estimate of drug-likeness (QED) is 0.520. The van der Waals surface area contributed by atoms with E-state index in [9.17, 15) is 14.0 Å². The second kappa shape index (κ2) is 9.63. The molecule has 1 unspecified atom stereocenters. The highest BCUT2D eigenvalue weighted by molar-refractivity contribution is 5.74. The number of halogens is 1. The summed E-state index contributed by atoms with van der Waals surface area (Å²) in [6.45, 7) is 4.35. The van der Waals surface area contributed by atoms with Crippen LogP contribution in [0.4, 0.5) is 9.18 Å². The Morgan fingerprint density at radius 2 is 1.85 bits per heavy atom. The number of rotatable bonds is 7. The summed E-state index contributed by atoms with van der Waals surface area (Å²) in [7, 11) is 0. The fourth-order valence-corrected chi connectivity index (χ4v) is 4.48. The topological polar surface area (TPSA) is 85.5 Å². The van der Waals surface area contributed by atoms with Gasteiger partial charge in [-0.2, -0.15) is 0 Å².